The van der Waals surface area contributed by atoms with Crippen molar-refractivity contribution in [2.45, 2.75) is 13.5 Å². The molecule has 0 radical (unpaired) electrons. The van der Waals surface area contributed by atoms with Crippen molar-refractivity contribution in [3.05, 3.63) is 30.1 Å². The Morgan fingerprint density at radius 1 is 1.53 bits per heavy atom. The molecule has 0 aromatic carbocycles. The number of hydroxylamine groups is 2. The number of amides is 1. The predicted molar refractivity (Wildman–Crippen MR) is 53.8 cm³/mol. The van der Waals surface area contributed by atoms with Crippen LogP contribution >= 0.6 is 0 Å². The minimum atomic E-state index is -0.509. The molecule has 0 unspecified atom stereocenters. The number of hydrogen-bond acceptors (Lipinski definition) is 4. The van der Waals surface area contributed by atoms with E-state index in [2.05, 4.69) is 4.98 Å². The van der Waals surface area contributed by atoms with Crippen molar-refractivity contribution in [2.75, 3.05) is 13.7 Å². The van der Waals surface area contributed by atoms with Gasteiger partial charge in [0.25, 0.3) is 0 Å². The van der Waals surface area contributed by atoms with Crippen LogP contribution in [0.15, 0.2) is 24.4 Å². The van der Waals surface area contributed by atoms with E-state index in [-0.39, 0.29) is 6.54 Å². The number of nitrogens with zero attached hydrogens (tertiary/aromatic N) is 2. The van der Waals surface area contributed by atoms with Gasteiger partial charge in [-0.05, 0) is 19.1 Å². The lowest BCUT2D eigenvalue weighted by Gasteiger charge is -2.17. The molecule has 1 aromatic rings. The average molecular weight is 210 g/mol. The Balaban J connectivity index is 2.58. The molecule has 5 heteroatoms. The fourth-order valence-electron chi connectivity index (χ4n) is 1.04. The van der Waals surface area contributed by atoms with Crippen LogP contribution in [0, 0.1) is 0 Å². The number of carbonyl (C=O) groups is 1. The molecular formula is C10H14N2O3. The molecule has 1 heterocycles. The lowest BCUT2D eigenvalue weighted by Crippen LogP contribution is -2.30. The van der Waals surface area contributed by atoms with Crippen molar-refractivity contribution in [3.8, 4) is 0 Å². The standard InChI is InChI=1S/C10H14N2O3/c1-3-15-10(13)12(14-2)8-9-6-4-5-7-11-9/h4-7H,3,8H2,1-2H3. The van der Waals surface area contributed by atoms with Gasteiger partial charge in [0, 0.05) is 6.20 Å². The van der Waals surface area contributed by atoms with Crippen LogP contribution < -0.4 is 0 Å². The van der Waals surface area contributed by atoms with Crippen LogP contribution in [0.5, 0.6) is 0 Å². The maximum absolute atomic E-state index is 11.3. The van der Waals surface area contributed by atoms with E-state index in [1.54, 1.807) is 13.1 Å². The molecule has 82 valence electrons. The molecule has 0 aliphatic carbocycles. The van der Waals surface area contributed by atoms with E-state index >= 15 is 0 Å². The third kappa shape index (κ3) is 3.55. The normalized spacial score (nSPS) is 9.73. The summed E-state index contributed by atoms with van der Waals surface area (Å²) in [6, 6.07) is 5.47. The molecule has 0 atom stereocenters. The summed E-state index contributed by atoms with van der Waals surface area (Å²) >= 11 is 0. The molecule has 15 heavy (non-hydrogen) atoms. The summed E-state index contributed by atoms with van der Waals surface area (Å²) in [6.45, 7) is 2.34. The summed E-state index contributed by atoms with van der Waals surface area (Å²) in [4.78, 5) is 20.3. The Labute approximate surface area is 88.6 Å². The summed E-state index contributed by atoms with van der Waals surface area (Å²) in [6.07, 6.45) is 1.15. The van der Waals surface area contributed by atoms with Crippen molar-refractivity contribution in [1.82, 2.24) is 10.0 Å². The van der Waals surface area contributed by atoms with Crippen LogP contribution in [0.3, 0.4) is 0 Å². The van der Waals surface area contributed by atoms with Gasteiger partial charge < -0.3 is 4.74 Å². The second-order valence-corrected chi connectivity index (χ2v) is 2.74. The largest absolute Gasteiger partial charge is 0.448 e. The molecule has 1 rings (SSSR count). The first-order valence-corrected chi connectivity index (χ1v) is 4.66. The van der Waals surface area contributed by atoms with Crippen molar-refractivity contribution < 1.29 is 14.4 Å². The van der Waals surface area contributed by atoms with Crippen LogP contribution in [0.4, 0.5) is 4.79 Å². The zero-order valence-electron chi connectivity index (χ0n) is 8.84. The number of rotatable bonds is 4. The smallest absolute Gasteiger partial charge is 0.434 e. The van der Waals surface area contributed by atoms with E-state index in [1.165, 1.54) is 7.11 Å². The highest BCUT2D eigenvalue weighted by Gasteiger charge is 2.14. The van der Waals surface area contributed by atoms with E-state index in [9.17, 15) is 4.79 Å². The molecule has 0 bridgehead atoms. The van der Waals surface area contributed by atoms with Gasteiger partial charge in [-0.2, -0.15) is 5.06 Å². The van der Waals surface area contributed by atoms with Crippen LogP contribution in [-0.4, -0.2) is 29.9 Å². The second kappa shape index (κ2) is 5.98. The predicted octanol–water partition coefficient (Wildman–Crippen LogP) is 1.60. The topological polar surface area (TPSA) is 51.7 Å². The Kier molecular flexibility index (Phi) is 4.56. The number of pyridine rings is 1. The molecular weight excluding hydrogens is 196 g/mol. The summed E-state index contributed by atoms with van der Waals surface area (Å²) in [5, 5.41) is 1.12. The minimum Gasteiger partial charge on any atom is -0.448 e. The Hall–Kier alpha value is -1.62. The first-order valence-electron chi connectivity index (χ1n) is 4.66. The zero-order valence-corrected chi connectivity index (χ0v) is 8.84. The zero-order chi connectivity index (χ0) is 11.1. The van der Waals surface area contributed by atoms with Crippen molar-refractivity contribution >= 4 is 6.09 Å². The number of hydrogen-bond donors (Lipinski definition) is 0. The monoisotopic (exact) mass is 210 g/mol. The van der Waals surface area contributed by atoms with E-state index in [4.69, 9.17) is 9.57 Å². The molecule has 0 saturated heterocycles. The van der Waals surface area contributed by atoms with Crippen molar-refractivity contribution in [1.29, 1.82) is 0 Å². The summed E-state index contributed by atoms with van der Waals surface area (Å²) < 4.78 is 4.80. The summed E-state index contributed by atoms with van der Waals surface area (Å²) in [7, 11) is 1.42. The lowest BCUT2D eigenvalue weighted by molar-refractivity contribution is -0.116. The van der Waals surface area contributed by atoms with Crippen LogP contribution in [0.1, 0.15) is 12.6 Å². The van der Waals surface area contributed by atoms with E-state index in [0.29, 0.717) is 6.61 Å². The molecule has 1 aromatic heterocycles. The molecule has 0 fully saturated rings. The molecule has 0 spiro atoms. The molecule has 0 aliphatic rings. The maximum Gasteiger partial charge on any atom is 0.434 e. The van der Waals surface area contributed by atoms with Crippen LogP contribution in [-0.2, 0) is 16.1 Å². The molecule has 1 amide bonds. The first-order chi connectivity index (χ1) is 7.27. The Bertz CT molecular complexity index is 303. The minimum absolute atomic E-state index is 0.274. The third-order valence-electron chi connectivity index (χ3n) is 1.72. The fourth-order valence-corrected chi connectivity index (χ4v) is 1.04. The van der Waals surface area contributed by atoms with Gasteiger partial charge in [0.1, 0.15) is 0 Å². The van der Waals surface area contributed by atoms with E-state index in [0.717, 1.165) is 10.8 Å². The number of aromatic nitrogens is 1. The van der Waals surface area contributed by atoms with Crippen molar-refractivity contribution in [3.63, 3.8) is 0 Å². The molecule has 5 nitrogen and oxygen atoms in total. The van der Waals surface area contributed by atoms with Gasteiger partial charge in [0.2, 0.25) is 0 Å². The maximum atomic E-state index is 11.3. The quantitative estimate of drug-likeness (QED) is 0.708. The fraction of sp³-hybridized carbons (Fsp3) is 0.400. The molecule has 0 aliphatic heterocycles. The lowest BCUT2D eigenvalue weighted by atomic mass is 10.3. The second-order valence-electron chi connectivity index (χ2n) is 2.74. The van der Waals surface area contributed by atoms with Gasteiger partial charge in [-0.15, -0.1) is 0 Å². The van der Waals surface area contributed by atoms with Gasteiger partial charge in [-0.25, -0.2) is 4.79 Å². The van der Waals surface area contributed by atoms with Gasteiger partial charge >= 0.3 is 6.09 Å². The molecule has 0 saturated carbocycles. The van der Waals surface area contributed by atoms with Crippen molar-refractivity contribution in [2.24, 2.45) is 0 Å². The highest BCUT2D eigenvalue weighted by molar-refractivity contribution is 5.66. The highest BCUT2D eigenvalue weighted by Crippen LogP contribution is 2.03. The molecule has 0 N–H and O–H groups in total. The number of ether oxygens (including phenoxy) is 1. The number of carbonyl (C=O) groups excluding carboxylic acids is 1. The van der Waals surface area contributed by atoms with Gasteiger partial charge in [-0.1, -0.05) is 6.07 Å². The van der Waals surface area contributed by atoms with Gasteiger partial charge in [-0.3, -0.25) is 9.82 Å². The highest BCUT2D eigenvalue weighted by atomic mass is 16.7. The average Bonchev–Trinajstić information content (AvgIpc) is 2.27. The van der Waals surface area contributed by atoms with E-state index < -0.39 is 6.09 Å². The Morgan fingerprint density at radius 3 is 2.87 bits per heavy atom. The Morgan fingerprint density at radius 2 is 2.33 bits per heavy atom. The van der Waals surface area contributed by atoms with E-state index in [1.807, 2.05) is 18.2 Å². The third-order valence-corrected chi connectivity index (χ3v) is 1.72. The SMILES string of the molecule is CCOC(=O)N(Cc1ccccn1)OC. The van der Waals surface area contributed by atoms with Crippen LogP contribution in [0.25, 0.3) is 0 Å². The summed E-state index contributed by atoms with van der Waals surface area (Å²) in [5.41, 5.74) is 0.743. The van der Waals surface area contributed by atoms with Gasteiger partial charge in [0.15, 0.2) is 0 Å². The van der Waals surface area contributed by atoms with Crippen LogP contribution in [0.2, 0.25) is 0 Å². The first kappa shape index (κ1) is 11.5. The van der Waals surface area contributed by atoms with Gasteiger partial charge in [0.05, 0.1) is 26.0 Å². The summed E-state index contributed by atoms with van der Waals surface area (Å²) in [5.74, 6) is 0.